The Kier molecular flexibility index (Phi) is 3.55. The fraction of sp³-hybridized carbons (Fsp3) is 0.300. The molecule has 1 aliphatic heterocycles. The summed E-state index contributed by atoms with van der Waals surface area (Å²) >= 11 is 0. The molecule has 0 bridgehead atoms. The second kappa shape index (κ2) is 6.05. The Balaban J connectivity index is 1.41. The Morgan fingerprint density at radius 3 is 2.69 bits per heavy atom. The summed E-state index contributed by atoms with van der Waals surface area (Å²) in [5, 5.41) is 15.8. The van der Waals surface area contributed by atoms with Crippen LogP contribution in [-0.2, 0) is 0 Å². The topological polar surface area (TPSA) is 59.2 Å². The number of rotatable bonds is 2. The van der Waals surface area contributed by atoms with Gasteiger partial charge in [0, 0.05) is 30.6 Å². The molecule has 0 unspecified atom stereocenters. The number of benzene rings is 1. The van der Waals surface area contributed by atoms with E-state index in [4.69, 9.17) is 0 Å². The lowest BCUT2D eigenvalue weighted by atomic mass is 9.95. The van der Waals surface area contributed by atoms with E-state index in [1.807, 2.05) is 29.8 Å². The number of aromatic nitrogens is 5. The number of fused-ring (bicyclic) bond motifs is 2. The van der Waals surface area contributed by atoms with Crippen molar-refractivity contribution in [3.8, 4) is 0 Å². The van der Waals surface area contributed by atoms with Crippen molar-refractivity contribution in [2.45, 2.75) is 25.7 Å². The van der Waals surface area contributed by atoms with Crippen LogP contribution in [-0.4, -0.2) is 37.9 Å². The van der Waals surface area contributed by atoms with E-state index in [-0.39, 0.29) is 0 Å². The first-order chi connectivity index (χ1) is 12.8. The van der Waals surface area contributed by atoms with Gasteiger partial charge in [0.05, 0.1) is 5.69 Å². The minimum atomic E-state index is 0.380. The van der Waals surface area contributed by atoms with Crippen LogP contribution in [0.3, 0.4) is 0 Å². The van der Waals surface area contributed by atoms with Gasteiger partial charge in [-0.25, -0.2) is 4.98 Å². The smallest absolute Gasteiger partial charge is 0.177 e. The highest BCUT2D eigenvalue weighted by Crippen LogP contribution is 2.31. The van der Waals surface area contributed by atoms with E-state index in [0.717, 1.165) is 48.9 Å². The van der Waals surface area contributed by atoms with Crippen LogP contribution in [0.25, 0.3) is 16.4 Å². The maximum absolute atomic E-state index is 4.66. The molecule has 4 aromatic rings. The molecule has 0 amide bonds. The Labute approximate surface area is 151 Å². The zero-order valence-electron chi connectivity index (χ0n) is 14.7. The van der Waals surface area contributed by atoms with E-state index in [9.17, 15) is 0 Å². The van der Waals surface area contributed by atoms with E-state index < -0.39 is 0 Å². The lowest BCUT2D eigenvalue weighted by Gasteiger charge is -2.32. The molecular formula is C20H20N6. The number of hydrogen-bond acceptors (Lipinski definition) is 5. The second-order valence-corrected chi connectivity index (χ2v) is 6.92. The highest BCUT2D eigenvalue weighted by molar-refractivity contribution is 5.92. The molecule has 0 spiro atoms. The first kappa shape index (κ1) is 15.3. The van der Waals surface area contributed by atoms with Crippen LogP contribution in [0.15, 0.2) is 48.7 Å². The minimum Gasteiger partial charge on any atom is -0.356 e. The summed E-state index contributed by atoms with van der Waals surface area (Å²) in [5.74, 6) is 2.45. The molecule has 4 heterocycles. The number of anilines is 1. The minimum absolute atomic E-state index is 0.380. The zero-order valence-corrected chi connectivity index (χ0v) is 14.7. The van der Waals surface area contributed by atoms with E-state index in [1.165, 1.54) is 10.8 Å². The molecule has 26 heavy (non-hydrogen) atoms. The molecule has 5 rings (SSSR count). The molecule has 0 N–H and O–H groups in total. The third-order valence-electron chi connectivity index (χ3n) is 5.23. The average Bonchev–Trinajstić information content (AvgIpc) is 3.11. The van der Waals surface area contributed by atoms with Crippen LogP contribution >= 0.6 is 0 Å². The lowest BCUT2D eigenvalue weighted by molar-refractivity contribution is 0.475. The van der Waals surface area contributed by atoms with Crippen molar-refractivity contribution >= 4 is 22.2 Å². The van der Waals surface area contributed by atoms with Crippen molar-refractivity contribution in [1.29, 1.82) is 0 Å². The van der Waals surface area contributed by atoms with E-state index in [2.05, 4.69) is 55.5 Å². The molecule has 0 aliphatic carbocycles. The molecule has 1 aliphatic rings. The van der Waals surface area contributed by atoms with Crippen molar-refractivity contribution in [3.63, 3.8) is 0 Å². The lowest BCUT2D eigenvalue weighted by Crippen LogP contribution is -2.34. The van der Waals surface area contributed by atoms with Gasteiger partial charge in [-0.1, -0.05) is 24.3 Å². The Hall–Kier alpha value is -3.02. The molecule has 0 saturated carbocycles. The third-order valence-corrected chi connectivity index (χ3v) is 5.23. The molecule has 3 aromatic heterocycles. The fourth-order valence-electron chi connectivity index (χ4n) is 3.86. The van der Waals surface area contributed by atoms with Crippen molar-refractivity contribution in [2.75, 3.05) is 18.0 Å². The van der Waals surface area contributed by atoms with Gasteiger partial charge in [-0.2, -0.15) is 9.61 Å². The van der Waals surface area contributed by atoms with Crippen LogP contribution in [0.1, 0.15) is 30.3 Å². The van der Waals surface area contributed by atoms with Crippen LogP contribution in [0.4, 0.5) is 5.82 Å². The van der Waals surface area contributed by atoms with E-state index >= 15 is 0 Å². The Morgan fingerprint density at radius 1 is 0.962 bits per heavy atom. The summed E-state index contributed by atoms with van der Waals surface area (Å²) in [7, 11) is 0. The highest BCUT2D eigenvalue weighted by Gasteiger charge is 2.26. The van der Waals surface area contributed by atoms with Gasteiger partial charge in [-0.3, -0.25) is 0 Å². The van der Waals surface area contributed by atoms with Gasteiger partial charge in [-0.05, 0) is 43.4 Å². The molecule has 1 saturated heterocycles. The number of piperidine rings is 1. The molecule has 6 nitrogen and oxygen atoms in total. The number of aryl methyl sites for hydroxylation is 1. The predicted octanol–water partition coefficient (Wildman–Crippen LogP) is 3.36. The summed E-state index contributed by atoms with van der Waals surface area (Å²) in [4.78, 5) is 7.05. The molecule has 130 valence electrons. The molecule has 0 radical (unpaired) electrons. The SMILES string of the molecule is Cc1ccc2nnc(C3CCN(c4nccc5ccccc45)CC3)n2n1. The molecule has 6 heteroatoms. The summed E-state index contributed by atoms with van der Waals surface area (Å²) in [6, 6.07) is 14.5. The molecule has 1 aromatic carbocycles. The van der Waals surface area contributed by atoms with E-state index in [1.54, 1.807) is 0 Å². The third kappa shape index (κ3) is 2.49. The Bertz CT molecular complexity index is 1070. The maximum Gasteiger partial charge on any atom is 0.177 e. The second-order valence-electron chi connectivity index (χ2n) is 6.92. The van der Waals surface area contributed by atoms with Crippen LogP contribution in [0, 0.1) is 6.92 Å². The highest BCUT2D eigenvalue weighted by atomic mass is 15.4. The summed E-state index contributed by atoms with van der Waals surface area (Å²) in [5.41, 5.74) is 1.81. The first-order valence-electron chi connectivity index (χ1n) is 9.07. The van der Waals surface area contributed by atoms with Crippen molar-refractivity contribution in [2.24, 2.45) is 0 Å². The fourth-order valence-corrected chi connectivity index (χ4v) is 3.86. The Morgan fingerprint density at radius 2 is 1.81 bits per heavy atom. The molecule has 0 atom stereocenters. The zero-order chi connectivity index (χ0) is 17.5. The normalized spacial score (nSPS) is 15.8. The maximum atomic E-state index is 4.66. The number of nitrogens with zero attached hydrogens (tertiary/aromatic N) is 6. The summed E-state index contributed by atoms with van der Waals surface area (Å²) < 4.78 is 1.91. The van der Waals surface area contributed by atoms with Gasteiger partial charge in [0.15, 0.2) is 11.5 Å². The van der Waals surface area contributed by atoms with Crippen molar-refractivity contribution in [3.05, 3.63) is 60.2 Å². The van der Waals surface area contributed by atoms with E-state index in [0.29, 0.717) is 5.92 Å². The van der Waals surface area contributed by atoms with Gasteiger partial charge in [0.2, 0.25) is 0 Å². The number of hydrogen-bond donors (Lipinski definition) is 0. The average molecular weight is 344 g/mol. The summed E-state index contributed by atoms with van der Waals surface area (Å²) in [6.45, 7) is 3.93. The number of pyridine rings is 1. The molecular weight excluding hydrogens is 324 g/mol. The predicted molar refractivity (Wildman–Crippen MR) is 101 cm³/mol. The van der Waals surface area contributed by atoms with Gasteiger partial charge in [0.1, 0.15) is 5.82 Å². The van der Waals surface area contributed by atoms with Crippen molar-refractivity contribution < 1.29 is 0 Å². The molecule has 1 fully saturated rings. The van der Waals surface area contributed by atoms with Gasteiger partial charge in [0.25, 0.3) is 0 Å². The van der Waals surface area contributed by atoms with Crippen LogP contribution in [0.5, 0.6) is 0 Å². The van der Waals surface area contributed by atoms with Crippen molar-refractivity contribution in [1.82, 2.24) is 24.8 Å². The summed E-state index contributed by atoms with van der Waals surface area (Å²) in [6.07, 6.45) is 3.96. The van der Waals surface area contributed by atoms with Gasteiger partial charge < -0.3 is 4.90 Å². The van der Waals surface area contributed by atoms with Crippen LogP contribution < -0.4 is 4.90 Å². The van der Waals surface area contributed by atoms with Gasteiger partial charge >= 0.3 is 0 Å². The van der Waals surface area contributed by atoms with Gasteiger partial charge in [-0.15, -0.1) is 10.2 Å². The quantitative estimate of drug-likeness (QED) is 0.558. The first-order valence-corrected chi connectivity index (χ1v) is 9.07. The standard InChI is InChI=1S/C20H20N6/c1-14-6-7-18-22-23-19(26(18)24-14)16-9-12-25(13-10-16)20-17-5-3-2-4-15(17)8-11-21-20/h2-8,11,16H,9-10,12-13H2,1H3. The van der Waals surface area contributed by atoms with Crippen LogP contribution in [0.2, 0.25) is 0 Å². The largest absolute Gasteiger partial charge is 0.356 e. The monoisotopic (exact) mass is 344 g/mol.